The highest BCUT2D eigenvalue weighted by Gasteiger charge is 2.21. The van der Waals surface area contributed by atoms with E-state index in [2.05, 4.69) is 10.6 Å². The fourth-order valence-electron chi connectivity index (χ4n) is 2.90. The van der Waals surface area contributed by atoms with Crippen LogP contribution in [0.5, 0.6) is 5.75 Å². The Balaban J connectivity index is 2.04. The van der Waals surface area contributed by atoms with Gasteiger partial charge in [-0.25, -0.2) is 12.7 Å². The number of rotatable bonds is 10. The Morgan fingerprint density at radius 1 is 1.06 bits per heavy atom. The van der Waals surface area contributed by atoms with Crippen LogP contribution in [-0.4, -0.2) is 58.3 Å². The topological polar surface area (TPSA) is 131 Å². The van der Waals surface area contributed by atoms with Crippen LogP contribution in [0.15, 0.2) is 53.4 Å². The van der Waals surface area contributed by atoms with Gasteiger partial charge in [0.2, 0.25) is 15.9 Å². The molecule has 178 valence electrons. The van der Waals surface area contributed by atoms with E-state index in [1.807, 2.05) is 6.07 Å². The summed E-state index contributed by atoms with van der Waals surface area (Å²) in [6, 6.07) is 12.3. The number of esters is 1. The number of sulfonamides is 1. The maximum Gasteiger partial charge on any atom is 0.308 e. The molecule has 1 unspecified atom stereocenters. The van der Waals surface area contributed by atoms with Crippen LogP contribution in [0.25, 0.3) is 0 Å². The molecule has 0 aliphatic rings. The molecular weight excluding hydrogens is 450 g/mol. The summed E-state index contributed by atoms with van der Waals surface area (Å²) in [6.45, 7) is 0.737. The third kappa shape index (κ3) is 7.29. The van der Waals surface area contributed by atoms with Crippen LogP contribution in [0.2, 0.25) is 0 Å². The van der Waals surface area contributed by atoms with E-state index in [1.54, 1.807) is 24.3 Å². The molecule has 0 radical (unpaired) electrons. The third-order valence-corrected chi connectivity index (χ3v) is 6.35. The van der Waals surface area contributed by atoms with Crippen molar-refractivity contribution in [1.29, 1.82) is 0 Å². The first-order valence-electron chi connectivity index (χ1n) is 9.92. The smallest absolute Gasteiger partial charge is 0.308 e. The molecule has 2 aromatic rings. The first-order valence-corrected chi connectivity index (χ1v) is 11.4. The monoisotopic (exact) mass is 477 g/mol. The van der Waals surface area contributed by atoms with Gasteiger partial charge in [-0.3, -0.25) is 14.4 Å². The SMILES string of the molecule is COc1ccc(S(=O)(=O)N(C)C)cc1NC(=O)COC(=O)CC(NC(C)=O)c1ccccc1. The van der Waals surface area contributed by atoms with Crippen LogP contribution >= 0.6 is 0 Å². The normalized spacial score (nSPS) is 12.0. The summed E-state index contributed by atoms with van der Waals surface area (Å²) in [5.74, 6) is -1.45. The molecule has 0 bridgehead atoms. The minimum atomic E-state index is -3.73. The molecule has 0 fully saturated rings. The van der Waals surface area contributed by atoms with Gasteiger partial charge in [-0.15, -0.1) is 0 Å². The maximum absolute atomic E-state index is 12.4. The molecule has 11 heteroatoms. The summed E-state index contributed by atoms with van der Waals surface area (Å²) in [6.07, 6.45) is -0.170. The van der Waals surface area contributed by atoms with Crippen LogP contribution in [0, 0.1) is 0 Å². The van der Waals surface area contributed by atoms with Gasteiger partial charge < -0.3 is 20.1 Å². The van der Waals surface area contributed by atoms with Gasteiger partial charge in [0, 0.05) is 21.0 Å². The predicted molar refractivity (Wildman–Crippen MR) is 121 cm³/mol. The highest BCUT2D eigenvalue weighted by atomic mass is 32.2. The molecular formula is C22H27N3O7S. The first-order chi connectivity index (χ1) is 15.5. The standard InChI is InChI=1S/C22H27N3O7S/c1-15(26)23-18(16-8-6-5-7-9-16)13-22(28)32-14-21(27)24-19-12-17(10-11-20(19)31-4)33(29,30)25(2)3/h5-12,18H,13-14H2,1-4H3,(H,23,26)(H,24,27). The van der Waals surface area contributed by atoms with E-state index < -0.39 is 34.5 Å². The van der Waals surface area contributed by atoms with Gasteiger partial charge in [0.1, 0.15) is 5.75 Å². The van der Waals surface area contributed by atoms with E-state index in [-0.39, 0.29) is 28.7 Å². The van der Waals surface area contributed by atoms with Crippen LogP contribution in [0.3, 0.4) is 0 Å². The minimum absolute atomic E-state index is 0.0402. The number of nitrogens with one attached hydrogen (secondary N) is 2. The number of benzene rings is 2. The Hall–Kier alpha value is -3.44. The molecule has 0 saturated heterocycles. The molecule has 10 nitrogen and oxygen atoms in total. The van der Waals surface area contributed by atoms with Gasteiger partial charge in [-0.05, 0) is 23.8 Å². The summed E-state index contributed by atoms with van der Waals surface area (Å²) >= 11 is 0. The van der Waals surface area contributed by atoms with E-state index in [4.69, 9.17) is 9.47 Å². The van der Waals surface area contributed by atoms with Gasteiger partial charge in [0.15, 0.2) is 6.61 Å². The van der Waals surface area contributed by atoms with E-state index >= 15 is 0 Å². The zero-order valence-corrected chi connectivity index (χ0v) is 19.6. The van der Waals surface area contributed by atoms with Crippen LogP contribution < -0.4 is 15.4 Å². The Morgan fingerprint density at radius 3 is 2.30 bits per heavy atom. The number of nitrogens with zero attached hydrogens (tertiary/aromatic N) is 1. The summed E-state index contributed by atoms with van der Waals surface area (Å²) in [7, 11) is 0.422. The molecule has 0 saturated carbocycles. The van der Waals surface area contributed by atoms with E-state index in [0.29, 0.717) is 0 Å². The molecule has 0 aliphatic carbocycles. The van der Waals surface area contributed by atoms with Gasteiger partial charge in [-0.1, -0.05) is 30.3 Å². The molecule has 2 rings (SSSR count). The molecule has 2 N–H and O–H groups in total. The molecule has 2 amide bonds. The molecule has 2 aromatic carbocycles. The summed E-state index contributed by atoms with van der Waals surface area (Å²) < 4.78 is 36.0. The van der Waals surface area contributed by atoms with Crippen molar-refractivity contribution in [3.63, 3.8) is 0 Å². The number of carbonyl (C=O) groups is 3. The van der Waals surface area contributed by atoms with Crippen LogP contribution in [0.1, 0.15) is 24.9 Å². The highest BCUT2D eigenvalue weighted by molar-refractivity contribution is 7.89. The second-order valence-corrected chi connectivity index (χ2v) is 9.38. The number of carbonyl (C=O) groups excluding carboxylic acids is 3. The number of ether oxygens (including phenoxy) is 2. The third-order valence-electron chi connectivity index (χ3n) is 4.54. The predicted octanol–water partition coefficient (Wildman–Crippen LogP) is 1.69. The lowest BCUT2D eigenvalue weighted by atomic mass is 10.0. The fraction of sp³-hybridized carbons (Fsp3) is 0.318. The van der Waals surface area contributed by atoms with Gasteiger partial charge in [0.25, 0.3) is 5.91 Å². The zero-order chi connectivity index (χ0) is 24.6. The summed E-state index contributed by atoms with van der Waals surface area (Å²) in [5.41, 5.74) is 0.833. The summed E-state index contributed by atoms with van der Waals surface area (Å²) in [5, 5.41) is 5.17. The van der Waals surface area contributed by atoms with Crippen molar-refractivity contribution < 1.29 is 32.3 Å². The largest absolute Gasteiger partial charge is 0.495 e. The van der Waals surface area contributed by atoms with E-state index in [0.717, 1.165) is 9.87 Å². The Bertz CT molecular complexity index is 1100. The average Bonchev–Trinajstić information content (AvgIpc) is 2.77. The van der Waals surface area contributed by atoms with Crippen molar-refractivity contribution >= 4 is 33.5 Å². The van der Waals surface area contributed by atoms with Crippen molar-refractivity contribution in [2.45, 2.75) is 24.3 Å². The average molecular weight is 478 g/mol. The molecule has 0 aliphatic heterocycles. The number of hydrogen-bond donors (Lipinski definition) is 2. The fourth-order valence-corrected chi connectivity index (χ4v) is 3.83. The number of methoxy groups -OCH3 is 1. The van der Waals surface area contributed by atoms with Gasteiger partial charge in [0.05, 0.1) is 30.2 Å². The maximum atomic E-state index is 12.4. The molecule has 0 spiro atoms. The van der Waals surface area contributed by atoms with E-state index in [1.165, 1.54) is 46.3 Å². The second kappa shape index (κ2) is 11.4. The van der Waals surface area contributed by atoms with Crippen molar-refractivity contribution in [2.24, 2.45) is 0 Å². The molecule has 1 atom stereocenters. The van der Waals surface area contributed by atoms with Crippen LogP contribution in [0.4, 0.5) is 5.69 Å². The lowest BCUT2D eigenvalue weighted by molar-refractivity contribution is -0.148. The van der Waals surface area contributed by atoms with Crippen molar-refractivity contribution in [3.05, 3.63) is 54.1 Å². The highest BCUT2D eigenvalue weighted by Crippen LogP contribution is 2.28. The quantitative estimate of drug-likeness (QED) is 0.498. The number of hydrogen-bond acceptors (Lipinski definition) is 7. The Labute approximate surface area is 192 Å². The minimum Gasteiger partial charge on any atom is -0.495 e. The first kappa shape index (κ1) is 25.8. The van der Waals surface area contributed by atoms with Crippen LogP contribution in [-0.2, 0) is 29.1 Å². The second-order valence-electron chi connectivity index (χ2n) is 7.23. The Kier molecular flexibility index (Phi) is 8.94. The zero-order valence-electron chi connectivity index (χ0n) is 18.8. The van der Waals surface area contributed by atoms with Crippen molar-refractivity contribution in [1.82, 2.24) is 9.62 Å². The van der Waals surface area contributed by atoms with Gasteiger partial charge >= 0.3 is 5.97 Å². The lowest BCUT2D eigenvalue weighted by Gasteiger charge is -2.18. The number of anilines is 1. The lowest BCUT2D eigenvalue weighted by Crippen LogP contribution is -2.29. The van der Waals surface area contributed by atoms with Crippen molar-refractivity contribution in [3.8, 4) is 5.75 Å². The Morgan fingerprint density at radius 2 is 1.73 bits per heavy atom. The molecule has 33 heavy (non-hydrogen) atoms. The van der Waals surface area contributed by atoms with Crippen molar-refractivity contribution in [2.75, 3.05) is 33.1 Å². The molecule has 0 aromatic heterocycles. The summed E-state index contributed by atoms with van der Waals surface area (Å²) in [4.78, 5) is 36.1. The van der Waals surface area contributed by atoms with E-state index in [9.17, 15) is 22.8 Å². The van der Waals surface area contributed by atoms with Gasteiger partial charge in [-0.2, -0.15) is 0 Å². The number of amides is 2. The molecule has 0 heterocycles.